The van der Waals surface area contributed by atoms with Gasteiger partial charge < -0.3 is 4.90 Å². The van der Waals surface area contributed by atoms with E-state index in [-0.39, 0.29) is 0 Å². The van der Waals surface area contributed by atoms with Crippen molar-refractivity contribution < 1.29 is 0 Å². The lowest BCUT2D eigenvalue weighted by molar-refractivity contribution is 0.140. The Morgan fingerprint density at radius 1 is 1.36 bits per heavy atom. The molecule has 2 unspecified atom stereocenters. The molecule has 4 heteroatoms. The van der Waals surface area contributed by atoms with Gasteiger partial charge in [0.25, 0.3) is 0 Å². The number of nitrogens with zero attached hydrogens (tertiary/aromatic N) is 4. The van der Waals surface area contributed by atoms with E-state index in [0.717, 1.165) is 24.8 Å². The summed E-state index contributed by atoms with van der Waals surface area (Å²) in [4.78, 5) is 5.25. The van der Waals surface area contributed by atoms with Gasteiger partial charge in [-0.05, 0) is 36.8 Å². The third-order valence-corrected chi connectivity index (χ3v) is 2.74. The Labute approximate surface area is 85.9 Å². The minimum atomic E-state index is 0.635. The highest BCUT2D eigenvalue weighted by Gasteiger charge is 2.20. The maximum absolute atomic E-state index is 8.13. The highest BCUT2D eigenvalue weighted by molar-refractivity contribution is 4.74. The summed E-state index contributed by atoms with van der Waals surface area (Å²) < 4.78 is 0. The van der Waals surface area contributed by atoms with Crippen LogP contribution in [0.15, 0.2) is 5.11 Å². The third-order valence-electron chi connectivity index (χ3n) is 2.74. The topological polar surface area (TPSA) is 52.0 Å². The fourth-order valence-corrected chi connectivity index (χ4v) is 2.38. The molecule has 80 valence electrons. The van der Waals surface area contributed by atoms with Crippen LogP contribution in [0.2, 0.25) is 0 Å². The lowest BCUT2D eigenvalue weighted by Crippen LogP contribution is -2.39. The average molecular weight is 196 g/mol. The van der Waals surface area contributed by atoms with Crippen molar-refractivity contribution in [1.82, 2.24) is 4.90 Å². The van der Waals surface area contributed by atoms with Gasteiger partial charge in [-0.3, -0.25) is 0 Å². The van der Waals surface area contributed by atoms with Crippen LogP contribution < -0.4 is 0 Å². The van der Waals surface area contributed by atoms with Crippen molar-refractivity contribution in [3.8, 4) is 0 Å². The van der Waals surface area contributed by atoms with Gasteiger partial charge in [0.2, 0.25) is 0 Å². The molecule has 0 radical (unpaired) electrons. The summed E-state index contributed by atoms with van der Waals surface area (Å²) in [7, 11) is 0. The Balaban J connectivity index is 2.19. The maximum Gasteiger partial charge on any atom is 0.0270 e. The molecule has 0 bridgehead atoms. The number of hydrogen-bond acceptors (Lipinski definition) is 2. The van der Waals surface area contributed by atoms with Gasteiger partial charge in [-0.25, -0.2) is 0 Å². The molecule has 0 aromatic heterocycles. The first kappa shape index (κ1) is 11.3. The lowest BCUT2D eigenvalue weighted by atomic mass is 9.92. The molecular formula is C10H20N4. The Morgan fingerprint density at radius 3 is 2.57 bits per heavy atom. The van der Waals surface area contributed by atoms with Gasteiger partial charge in [0.05, 0.1) is 0 Å². The second-order valence-electron chi connectivity index (χ2n) is 4.51. The van der Waals surface area contributed by atoms with Crippen molar-refractivity contribution in [2.45, 2.75) is 26.7 Å². The molecule has 0 saturated carbocycles. The van der Waals surface area contributed by atoms with Gasteiger partial charge in [-0.1, -0.05) is 19.0 Å². The third kappa shape index (κ3) is 3.99. The molecule has 2 atom stereocenters. The second-order valence-corrected chi connectivity index (χ2v) is 4.51. The number of azide groups is 1. The zero-order valence-electron chi connectivity index (χ0n) is 9.19. The Kier molecular flexibility index (Phi) is 4.77. The number of likely N-dealkylation sites (tertiary alicyclic amines) is 1. The molecule has 14 heavy (non-hydrogen) atoms. The summed E-state index contributed by atoms with van der Waals surface area (Å²) in [5.74, 6) is 1.64. The maximum atomic E-state index is 8.13. The van der Waals surface area contributed by atoms with E-state index in [4.69, 9.17) is 5.53 Å². The summed E-state index contributed by atoms with van der Waals surface area (Å²) in [6.07, 6.45) is 2.34. The van der Waals surface area contributed by atoms with Crippen molar-refractivity contribution in [1.29, 1.82) is 0 Å². The predicted octanol–water partition coefficient (Wildman–Crippen LogP) is 2.66. The van der Waals surface area contributed by atoms with Gasteiger partial charge in [-0.15, -0.1) is 0 Å². The monoisotopic (exact) mass is 196 g/mol. The van der Waals surface area contributed by atoms with Crippen LogP contribution in [-0.4, -0.2) is 31.1 Å². The molecular weight excluding hydrogens is 176 g/mol. The van der Waals surface area contributed by atoms with Crippen molar-refractivity contribution in [3.05, 3.63) is 10.4 Å². The molecule has 1 saturated heterocycles. The largest absolute Gasteiger partial charge is 0.303 e. The molecule has 1 rings (SSSR count). The molecule has 0 aromatic carbocycles. The van der Waals surface area contributed by atoms with Crippen LogP contribution in [-0.2, 0) is 0 Å². The minimum absolute atomic E-state index is 0.635. The SMILES string of the molecule is CC1CC(C)CN(CCCN=[N+]=[N-])C1. The van der Waals surface area contributed by atoms with Crippen LogP contribution in [0.4, 0.5) is 0 Å². The van der Waals surface area contributed by atoms with E-state index < -0.39 is 0 Å². The summed E-state index contributed by atoms with van der Waals surface area (Å²) in [6, 6.07) is 0. The number of rotatable bonds is 4. The van der Waals surface area contributed by atoms with Crippen molar-refractivity contribution in [2.75, 3.05) is 26.2 Å². The van der Waals surface area contributed by atoms with E-state index in [1.165, 1.54) is 19.5 Å². The number of piperidine rings is 1. The summed E-state index contributed by atoms with van der Waals surface area (Å²) >= 11 is 0. The molecule has 1 heterocycles. The first-order valence-corrected chi connectivity index (χ1v) is 5.45. The van der Waals surface area contributed by atoms with E-state index in [0.29, 0.717) is 6.54 Å². The van der Waals surface area contributed by atoms with Gasteiger partial charge >= 0.3 is 0 Å². The van der Waals surface area contributed by atoms with Crippen LogP contribution in [0.5, 0.6) is 0 Å². The summed E-state index contributed by atoms with van der Waals surface area (Å²) in [6.45, 7) is 8.76. The molecule has 0 aromatic rings. The average Bonchev–Trinajstić information content (AvgIpc) is 2.11. The smallest absolute Gasteiger partial charge is 0.0270 e. The van der Waals surface area contributed by atoms with Gasteiger partial charge in [-0.2, -0.15) is 0 Å². The van der Waals surface area contributed by atoms with E-state index in [1.54, 1.807) is 0 Å². The van der Waals surface area contributed by atoms with E-state index in [9.17, 15) is 0 Å². The van der Waals surface area contributed by atoms with Crippen molar-refractivity contribution in [3.63, 3.8) is 0 Å². The molecule has 1 aliphatic rings. The summed E-state index contributed by atoms with van der Waals surface area (Å²) in [5.41, 5.74) is 8.13. The van der Waals surface area contributed by atoms with Crippen molar-refractivity contribution >= 4 is 0 Å². The minimum Gasteiger partial charge on any atom is -0.303 e. The predicted molar refractivity (Wildman–Crippen MR) is 58.0 cm³/mol. The molecule has 1 fully saturated rings. The van der Waals surface area contributed by atoms with E-state index in [1.807, 2.05) is 0 Å². The Hall–Kier alpha value is -0.730. The van der Waals surface area contributed by atoms with Gasteiger partial charge in [0, 0.05) is 24.5 Å². The zero-order valence-corrected chi connectivity index (χ0v) is 9.19. The molecule has 0 spiro atoms. The Bertz CT molecular complexity index is 200. The van der Waals surface area contributed by atoms with Crippen LogP contribution >= 0.6 is 0 Å². The zero-order chi connectivity index (χ0) is 10.4. The molecule has 0 N–H and O–H groups in total. The fraction of sp³-hybridized carbons (Fsp3) is 1.00. The van der Waals surface area contributed by atoms with Gasteiger partial charge in [0.1, 0.15) is 0 Å². The fourth-order valence-electron chi connectivity index (χ4n) is 2.38. The molecule has 0 aliphatic carbocycles. The van der Waals surface area contributed by atoms with E-state index >= 15 is 0 Å². The first-order chi connectivity index (χ1) is 6.72. The van der Waals surface area contributed by atoms with Crippen LogP contribution in [0.25, 0.3) is 10.4 Å². The van der Waals surface area contributed by atoms with Crippen LogP contribution in [0.3, 0.4) is 0 Å². The van der Waals surface area contributed by atoms with E-state index in [2.05, 4.69) is 28.8 Å². The lowest BCUT2D eigenvalue weighted by Gasteiger charge is -2.34. The quantitative estimate of drug-likeness (QED) is 0.295. The first-order valence-electron chi connectivity index (χ1n) is 5.45. The standard InChI is InChI=1S/C10H20N4/c1-9-6-10(2)8-14(7-9)5-3-4-12-13-11/h9-10H,3-8H2,1-2H3. The van der Waals surface area contributed by atoms with Crippen molar-refractivity contribution in [2.24, 2.45) is 17.0 Å². The normalized spacial score (nSPS) is 28.4. The summed E-state index contributed by atoms with van der Waals surface area (Å²) in [5, 5.41) is 3.55. The highest BCUT2D eigenvalue weighted by Crippen LogP contribution is 2.20. The number of hydrogen-bond donors (Lipinski definition) is 0. The molecule has 4 nitrogen and oxygen atoms in total. The van der Waals surface area contributed by atoms with Crippen LogP contribution in [0, 0.1) is 11.8 Å². The van der Waals surface area contributed by atoms with Crippen LogP contribution in [0.1, 0.15) is 26.7 Å². The molecule has 0 amide bonds. The highest BCUT2D eigenvalue weighted by atomic mass is 15.1. The molecule has 1 aliphatic heterocycles. The second kappa shape index (κ2) is 5.89. The van der Waals surface area contributed by atoms with Gasteiger partial charge in [0.15, 0.2) is 0 Å². The Morgan fingerprint density at radius 2 is 2.00 bits per heavy atom.